The number of nitrogens with zero attached hydrogens (tertiary/aromatic N) is 1. The maximum Gasteiger partial charge on any atom is 0.141 e. The molecule has 0 aliphatic rings. The van der Waals surface area contributed by atoms with Crippen LogP contribution in [-0.4, -0.2) is 0 Å². The van der Waals surface area contributed by atoms with Crippen LogP contribution in [0.1, 0.15) is 11.6 Å². The smallest absolute Gasteiger partial charge is 0.141 e. The highest BCUT2D eigenvalue weighted by Gasteiger charge is 2.11. The van der Waals surface area contributed by atoms with Crippen LogP contribution in [0.25, 0.3) is 0 Å². The molecule has 0 aliphatic heterocycles. The van der Waals surface area contributed by atoms with Gasteiger partial charge in [-0.25, -0.2) is 4.39 Å². The first-order chi connectivity index (χ1) is 8.20. The molecule has 0 aliphatic carbocycles. The molecule has 2 aromatic rings. The molecule has 1 N–H and O–H groups in total. The molecule has 1 aromatic heterocycles. The van der Waals surface area contributed by atoms with Crippen molar-refractivity contribution < 1.29 is 4.39 Å². The van der Waals surface area contributed by atoms with Crippen molar-refractivity contribution in [3.05, 3.63) is 51.4 Å². The fourth-order valence-electron chi connectivity index (χ4n) is 1.38. The van der Waals surface area contributed by atoms with Crippen LogP contribution >= 0.6 is 22.9 Å². The predicted octanol–water partition coefficient (Wildman–Crippen LogP) is 4.22. The zero-order valence-electron chi connectivity index (χ0n) is 8.65. The number of nitrogens with one attached hydrogen (secondary N) is 1. The number of rotatable bonds is 3. The van der Waals surface area contributed by atoms with E-state index in [2.05, 4.69) is 11.4 Å². The Hall–Kier alpha value is -1.57. The summed E-state index contributed by atoms with van der Waals surface area (Å²) < 4.78 is 13.0. The van der Waals surface area contributed by atoms with Gasteiger partial charge >= 0.3 is 0 Å². The average molecular weight is 267 g/mol. The molecule has 2 rings (SSSR count). The summed E-state index contributed by atoms with van der Waals surface area (Å²) in [5.41, 5.74) is 1.51. The first-order valence-corrected chi connectivity index (χ1v) is 6.16. The minimum absolute atomic E-state index is 0.0389. The Bertz CT molecular complexity index is 548. The third-order valence-electron chi connectivity index (χ3n) is 2.24. The number of anilines is 1. The Kier molecular flexibility index (Phi) is 3.62. The summed E-state index contributed by atoms with van der Waals surface area (Å²) in [4.78, 5) is 0. The van der Waals surface area contributed by atoms with E-state index in [-0.39, 0.29) is 5.02 Å². The van der Waals surface area contributed by atoms with Crippen LogP contribution in [0.15, 0.2) is 35.0 Å². The quantitative estimate of drug-likeness (QED) is 0.903. The van der Waals surface area contributed by atoms with Gasteiger partial charge < -0.3 is 5.32 Å². The summed E-state index contributed by atoms with van der Waals surface area (Å²) in [7, 11) is 0. The zero-order chi connectivity index (χ0) is 12.3. The molecule has 0 radical (unpaired) electrons. The van der Waals surface area contributed by atoms with Gasteiger partial charge in [0, 0.05) is 5.69 Å². The van der Waals surface area contributed by atoms with Crippen molar-refractivity contribution >= 4 is 28.6 Å². The normalized spacial score (nSPS) is 11.8. The van der Waals surface area contributed by atoms with Gasteiger partial charge in [0.15, 0.2) is 0 Å². The van der Waals surface area contributed by atoms with Gasteiger partial charge in [0.05, 0.1) is 11.1 Å². The average Bonchev–Trinajstić information content (AvgIpc) is 2.84. The third kappa shape index (κ3) is 2.76. The monoisotopic (exact) mass is 266 g/mol. The molecule has 1 atom stereocenters. The molecule has 2 nitrogen and oxygen atoms in total. The number of halogens is 2. The van der Waals surface area contributed by atoms with Crippen molar-refractivity contribution in [1.82, 2.24) is 0 Å². The van der Waals surface area contributed by atoms with E-state index in [1.54, 1.807) is 6.07 Å². The maximum atomic E-state index is 13.0. The van der Waals surface area contributed by atoms with E-state index in [4.69, 9.17) is 16.9 Å². The minimum atomic E-state index is -0.471. The topological polar surface area (TPSA) is 35.8 Å². The Balaban J connectivity index is 2.20. The fraction of sp³-hybridized carbons (Fsp3) is 0.0833. The van der Waals surface area contributed by atoms with E-state index in [0.29, 0.717) is 5.69 Å². The highest BCUT2D eigenvalue weighted by atomic mass is 35.5. The van der Waals surface area contributed by atoms with Gasteiger partial charge in [-0.1, -0.05) is 11.6 Å². The summed E-state index contributed by atoms with van der Waals surface area (Å²) in [5.74, 6) is -0.471. The first kappa shape index (κ1) is 11.9. The molecule has 86 valence electrons. The second-order valence-corrected chi connectivity index (χ2v) is 4.58. The lowest BCUT2D eigenvalue weighted by Crippen LogP contribution is -2.07. The first-order valence-electron chi connectivity index (χ1n) is 4.84. The number of hydrogen-bond acceptors (Lipinski definition) is 3. The van der Waals surface area contributed by atoms with Crippen molar-refractivity contribution in [2.24, 2.45) is 0 Å². The second-order valence-electron chi connectivity index (χ2n) is 3.39. The Morgan fingerprint density at radius 2 is 2.24 bits per heavy atom. The van der Waals surface area contributed by atoms with E-state index in [0.717, 1.165) is 5.56 Å². The van der Waals surface area contributed by atoms with Crippen LogP contribution in [0, 0.1) is 17.1 Å². The SMILES string of the molecule is N#CC(Nc1ccc(F)c(Cl)c1)c1ccsc1. The van der Waals surface area contributed by atoms with Gasteiger partial charge in [0.2, 0.25) is 0 Å². The number of thiophene rings is 1. The summed E-state index contributed by atoms with van der Waals surface area (Å²) in [6, 6.07) is 7.85. The van der Waals surface area contributed by atoms with Crippen LogP contribution in [0.5, 0.6) is 0 Å². The number of hydrogen-bond donors (Lipinski definition) is 1. The molecule has 0 saturated heterocycles. The van der Waals surface area contributed by atoms with Crippen molar-refractivity contribution in [1.29, 1.82) is 5.26 Å². The lowest BCUT2D eigenvalue weighted by molar-refractivity contribution is 0.628. The molecule has 5 heteroatoms. The van der Waals surface area contributed by atoms with Crippen molar-refractivity contribution in [2.75, 3.05) is 5.32 Å². The fourth-order valence-corrected chi connectivity index (χ4v) is 2.25. The highest BCUT2D eigenvalue weighted by molar-refractivity contribution is 7.08. The van der Waals surface area contributed by atoms with E-state index >= 15 is 0 Å². The summed E-state index contributed by atoms with van der Waals surface area (Å²) in [6.07, 6.45) is 0. The molecule has 0 saturated carbocycles. The lowest BCUT2D eigenvalue weighted by atomic mass is 10.1. The van der Waals surface area contributed by atoms with E-state index in [9.17, 15) is 4.39 Å². The van der Waals surface area contributed by atoms with Crippen molar-refractivity contribution in [2.45, 2.75) is 6.04 Å². The highest BCUT2D eigenvalue weighted by Crippen LogP contribution is 2.24. The predicted molar refractivity (Wildman–Crippen MR) is 67.7 cm³/mol. The molecule has 1 aromatic carbocycles. The van der Waals surface area contributed by atoms with Gasteiger partial charge in [-0.15, -0.1) is 0 Å². The summed E-state index contributed by atoms with van der Waals surface area (Å²) in [6.45, 7) is 0. The van der Waals surface area contributed by atoms with Gasteiger partial charge in [-0.05, 0) is 40.6 Å². The zero-order valence-corrected chi connectivity index (χ0v) is 10.2. The standard InChI is InChI=1S/C12H8ClFN2S/c13-10-5-9(1-2-11(10)14)16-12(6-15)8-3-4-17-7-8/h1-5,7,12,16H. The molecule has 0 bridgehead atoms. The van der Waals surface area contributed by atoms with E-state index in [1.807, 2.05) is 16.8 Å². The molecular weight excluding hydrogens is 259 g/mol. The van der Waals surface area contributed by atoms with Crippen molar-refractivity contribution in [3.63, 3.8) is 0 Å². The molecule has 0 fully saturated rings. The molecule has 17 heavy (non-hydrogen) atoms. The van der Waals surface area contributed by atoms with Crippen LogP contribution < -0.4 is 5.32 Å². The van der Waals surface area contributed by atoms with E-state index < -0.39 is 11.9 Å². The summed E-state index contributed by atoms with van der Waals surface area (Å²) >= 11 is 7.19. The summed E-state index contributed by atoms with van der Waals surface area (Å²) in [5, 5.41) is 15.9. The lowest BCUT2D eigenvalue weighted by Gasteiger charge is -2.11. The molecule has 1 heterocycles. The minimum Gasteiger partial charge on any atom is -0.366 e. The van der Waals surface area contributed by atoms with Crippen LogP contribution in [0.3, 0.4) is 0 Å². The van der Waals surface area contributed by atoms with Gasteiger partial charge in [0.1, 0.15) is 11.9 Å². The van der Waals surface area contributed by atoms with Gasteiger partial charge in [-0.3, -0.25) is 0 Å². The Labute approximate surface area is 107 Å². The molecule has 0 spiro atoms. The van der Waals surface area contributed by atoms with Gasteiger partial charge in [-0.2, -0.15) is 16.6 Å². The molecule has 0 amide bonds. The Morgan fingerprint density at radius 3 is 2.82 bits per heavy atom. The second kappa shape index (κ2) is 5.17. The Morgan fingerprint density at radius 1 is 1.41 bits per heavy atom. The van der Waals surface area contributed by atoms with Crippen molar-refractivity contribution in [3.8, 4) is 6.07 Å². The van der Waals surface area contributed by atoms with E-state index in [1.165, 1.54) is 23.5 Å². The molecular formula is C12H8ClFN2S. The number of nitriles is 1. The van der Waals surface area contributed by atoms with Gasteiger partial charge in [0.25, 0.3) is 0 Å². The van der Waals surface area contributed by atoms with Crippen LogP contribution in [0.2, 0.25) is 5.02 Å². The maximum absolute atomic E-state index is 13.0. The van der Waals surface area contributed by atoms with Crippen LogP contribution in [-0.2, 0) is 0 Å². The largest absolute Gasteiger partial charge is 0.366 e. The molecule has 1 unspecified atom stereocenters. The third-order valence-corrected chi connectivity index (χ3v) is 3.23. The van der Waals surface area contributed by atoms with Crippen LogP contribution in [0.4, 0.5) is 10.1 Å². The number of benzene rings is 1.